The van der Waals surface area contributed by atoms with Gasteiger partial charge in [0.2, 0.25) is 0 Å². The maximum Gasteiger partial charge on any atom is -0.00201 e. The average Bonchev–Trinajstić information content (AvgIpc) is 2.96. The molecule has 36 heavy (non-hydrogen) atoms. The molecule has 0 N–H and O–H groups in total. The minimum Gasteiger partial charge on any atom is -1.00 e. The van der Waals surface area contributed by atoms with Gasteiger partial charge in [0.05, 0.1) is 0 Å². The predicted octanol–water partition coefficient (Wildman–Crippen LogP) is 10.3. The molecule has 0 spiro atoms. The highest BCUT2D eigenvalue weighted by Crippen LogP contribution is 2.46. The van der Waals surface area contributed by atoms with E-state index >= 15 is 0 Å². The van der Waals surface area contributed by atoms with Crippen LogP contribution in [0.2, 0.25) is 0 Å². The zero-order chi connectivity index (χ0) is 23.9. The Labute approximate surface area is 212 Å². The Morgan fingerprint density at radius 2 is 0.611 bits per heavy atom. The van der Waals surface area contributed by atoms with Gasteiger partial charge in [0.25, 0.3) is 0 Å². The Hall–Kier alpha value is -4.68. The second kappa shape index (κ2) is 8.52. The third-order valence-corrected chi connectivity index (χ3v) is 7.27. The first-order chi connectivity index (χ1) is 17.9. The van der Waals surface area contributed by atoms with Crippen molar-refractivity contribution in [3.63, 3.8) is 0 Å². The number of rotatable bonds is 3. The van der Waals surface area contributed by atoms with Crippen LogP contribution < -0.4 is 0 Å². The van der Waals surface area contributed by atoms with Crippen molar-refractivity contribution in [3.8, 4) is 33.4 Å². The van der Waals surface area contributed by atoms with Crippen LogP contribution in [0.1, 0.15) is 1.43 Å². The molecule has 7 aromatic rings. The van der Waals surface area contributed by atoms with Gasteiger partial charge in [0.1, 0.15) is 0 Å². The van der Waals surface area contributed by atoms with E-state index in [-0.39, 0.29) is 1.43 Å². The number of benzene rings is 7. The van der Waals surface area contributed by atoms with Crippen molar-refractivity contribution in [1.82, 2.24) is 0 Å². The smallest absolute Gasteiger partial charge is 0.00201 e. The summed E-state index contributed by atoms with van der Waals surface area (Å²) in [4.78, 5) is 0. The van der Waals surface area contributed by atoms with Crippen LogP contribution in [0.25, 0.3) is 65.7 Å². The number of fused-ring (bicyclic) bond motifs is 3. The van der Waals surface area contributed by atoms with Crippen LogP contribution >= 0.6 is 0 Å². The summed E-state index contributed by atoms with van der Waals surface area (Å²) in [6.07, 6.45) is 0. The van der Waals surface area contributed by atoms with Crippen LogP contribution in [0.5, 0.6) is 0 Å². The Balaban J connectivity index is 0.00000252. The first kappa shape index (κ1) is 20.7. The van der Waals surface area contributed by atoms with Gasteiger partial charge in [-0.05, 0) is 65.7 Å². The van der Waals surface area contributed by atoms with Gasteiger partial charge in [0.15, 0.2) is 0 Å². The molecule has 0 aliphatic rings. The largest absolute Gasteiger partial charge is 1.00 e. The van der Waals surface area contributed by atoms with E-state index in [1.54, 1.807) is 0 Å². The summed E-state index contributed by atoms with van der Waals surface area (Å²) < 4.78 is 0. The number of hydrogen-bond acceptors (Lipinski definition) is 0. The SMILES string of the molecule is [H-].c1ccc(-c2ccc(-c3c4ccccc4c(-c4ccccc4)c4ccccc34)c3ccccc23)cc1. The Morgan fingerprint density at radius 1 is 0.250 bits per heavy atom. The van der Waals surface area contributed by atoms with E-state index in [1.165, 1.54) is 65.7 Å². The van der Waals surface area contributed by atoms with E-state index in [0.717, 1.165) is 0 Å². The molecular formula is C36H25-. The molecule has 170 valence electrons. The van der Waals surface area contributed by atoms with Gasteiger partial charge in [0, 0.05) is 0 Å². The molecule has 0 heteroatoms. The van der Waals surface area contributed by atoms with Crippen molar-refractivity contribution in [2.45, 2.75) is 0 Å². The lowest BCUT2D eigenvalue weighted by Crippen LogP contribution is -1.92. The highest BCUT2D eigenvalue weighted by atomic mass is 14.2. The summed E-state index contributed by atoms with van der Waals surface area (Å²) in [5.41, 5.74) is 7.64. The second-order valence-electron chi connectivity index (χ2n) is 9.28. The molecule has 0 bridgehead atoms. The van der Waals surface area contributed by atoms with Gasteiger partial charge in [-0.2, -0.15) is 0 Å². The van der Waals surface area contributed by atoms with Gasteiger partial charge in [-0.25, -0.2) is 0 Å². The third kappa shape index (κ3) is 3.23. The molecule has 0 nitrogen and oxygen atoms in total. The molecule has 0 heterocycles. The molecule has 0 saturated carbocycles. The molecule has 7 rings (SSSR count). The zero-order valence-corrected chi connectivity index (χ0v) is 19.9. The average molecular weight is 458 g/mol. The van der Waals surface area contributed by atoms with Gasteiger partial charge < -0.3 is 1.43 Å². The van der Waals surface area contributed by atoms with E-state index in [2.05, 4.69) is 146 Å². The van der Waals surface area contributed by atoms with Crippen molar-refractivity contribution in [1.29, 1.82) is 0 Å². The summed E-state index contributed by atoms with van der Waals surface area (Å²) >= 11 is 0. The predicted molar refractivity (Wildman–Crippen MR) is 156 cm³/mol. The molecule has 0 atom stereocenters. The van der Waals surface area contributed by atoms with Crippen molar-refractivity contribution in [2.24, 2.45) is 0 Å². The summed E-state index contributed by atoms with van der Waals surface area (Å²) in [5, 5.41) is 7.70. The lowest BCUT2D eigenvalue weighted by atomic mass is 9.84. The lowest BCUT2D eigenvalue weighted by molar-refractivity contribution is 1.64. The molecule has 0 aliphatic carbocycles. The Kier molecular flexibility index (Phi) is 4.89. The van der Waals surface area contributed by atoms with E-state index in [9.17, 15) is 0 Å². The standard InChI is InChI=1S/C36H24.H/c1-3-13-25(14-4-1)27-23-24-34(29-18-8-7-17-28(27)29)36-32-21-11-9-19-30(32)35(26-15-5-2-6-16-26)31-20-10-12-22-33(31)36;/h1-24H;/q;-1. The second-order valence-corrected chi connectivity index (χ2v) is 9.28. The lowest BCUT2D eigenvalue weighted by Gasteiger charge is -2.19. The van der Waals surface area contributed by atoms with Crippen molar-refractivity contribution in [3.05, 3.63) is 146 Å². The van der Waals surface area contributed by atoms with Crippen LogP contribution in [0, 0.1) is 0 Å². The fourth-order valence-electron chi connectivity index (χ4n) is 5.72. The van der Waals surface area contributed by atoms with Crippen LogP contribution in [-0.2, 0) is 0 Å². The van der Waals surface area contributed by atoms with Crippen LogP contribution in [-0.4, -0.2) is 0 Å². The van der Waals surface area contributed by atoms with Gasteiger partial charge >= 0.3 is 0 Å². The van der Waals surface area contributed by atoms with Crippen molar-refractivity contribution >= 4 is 32.3 Å². The molecule has 0 amide bonds. The summed E-state index contributed by atoms with van der Waals surface area (Å²) in [6.45, 7) is 0. The topological polar surface area (TPSA) is 0 Å². The first-order valence-electron chi connectivity index (χ1n) is 12.5. The third-order valence-electron chi connectivity index (χ3n) is 7.27. The molecular weight excluding hydrogens is 432 g/mol. The zero-order valence-electron chi connectivity index (χ0n) is 20.9. The van der Waals surface area contributed by atoms with Crippen molar-refractivity contribution < 1.29 is 1.43 Å². The van der Waals surface area contributed by atoms with Crippen LogP contribution in [0.3, 0.4) is 0 Å². The van der Waals surface area contributed by atoms with Gasteiger partial charge in [-0.3, -0.25) is 0 Å². The minimum atomic E-state index is 0. The van der Waals surface area contributed by atoms with E-state index < -0.39 is 0 Å². The molecule has 0 unspecified atom stereocenters. The molecule has 0 aliphatic heterocycles. The molecule has 0 fully saturated rings. The van der Waals surface area contributed by atoms with E-state index in [1.807, 2.05) is 0 Å². The summed E-state index contributed by atoms with van der Waals surface area (Å²) in [6, 6.07) is 52.7. The first-order valence-corrected chi connectivity index (χ1v) is 12.5. The monoisotopic (exact) mass is 457 g/mol. The van der Waals surface area contributed by atoms with Crippen LogP contribution in [0.15, 0.2) is 146 Å². The highest BCUT2D eigenvalue weighted by molar-refractivity contribution is 6.24. The maximum absolute atomic E-state index is 2.32. The summed E-state index contributed by atoms with van der Waals surface area (Å²) in [5.74, 6) is 0. The van der Waals surface area contributed by atoms with E-state index in [0.29, 0.717) is 0 Å². The molecule has 0 aromatic heterocycles. The van der Waals surface area contributed by atoms with E-state index in [4.69, 9.17) is 0 Å². The maximum atomic E-state index is 2.32. The number of hydrogen-bond donors (Lipinski definition) is 0. The van der Waals surface area contributed by atoms with Gasteiger partial charge in [-0.15, -0.1) is 0 Å². The molecule has 0 radical (unpaired) electrons. The normalized spacial score (nSPS) is 11.3. The van der Waals surface area contributed by atoms with Crippen LogP contribution in [0.4, 0.5) is 0 Å². The fourth-order valence-corrected chi connectivity index (χ4v) is 5.72. The molecule has 7 aromatic carbocycles. The fraction of sp³-hybridized carbons (Fsp3) is 0. The highest BCUT2D eigenvalue weighted by Gasteiger charge is 2.18. The Morgan fingerprint density at radius 3 is 1.14 bits per heavy atom. The minimum absolute atomic E-state index is 0. The summed E-state index contributed by atoms with van der Waals surface area (Å²) in [7, 11) is 0. The van der Waals surface area contributed by atoms with Crippen molar-refractivity contribution in [2.75, 3.05) is 0 Å². The molecule has 0 saturated heterocycles. The quantitative estimate of drug-likeness (QED) is 0.232. The Bertz CT molecular complexity index is 1810. The van der Waals surface area contributed by atoms with Gasteiger partial charge in [-0.1, -0.05) is 146 Å².